The summed E-state index contributed by atoms with van der Waals surface area (Å²) >= 11 is 0. The molecule has 2 aromatic rings. The Bertz CT molecular complexity index is 769. The van der Waals surface area contributed by atoms with E-state index in [0.29, 0.717) is 5.56 Å². The van der Waals surface area contributed by atoms with Crippen LogP contribution in [0.3, 0.4) is 0 Å². The van der Waals surface area contributed by atoms with Crippen molar-refractivity contribution in [3.8, 4) is 11.4 Å². The van der Waals surface area contributed by atoms with Crippen LogP contribution in [0.4, 0.5) is 4.79 Å². The molecule has 0 bridgehead atoms. The standard InChI is InChI=1S/C14H17N5O5/c1-3-23-13(21)8(2)17-14(22)16-7-11-18-12(19-24-11)9-4-5-15-10(20)6-9/h4-6,8H,3,7H2,1-2H3,(H,15,20)(H2,16,17,22)/t8-/m1/s1. The zero-order chi connectivity index (χ0) is 17.5. The largest absolute Gasteiger partial charge is 0.464 e. The quantitative estimate of drug-likeness (QED) is 0.640. The molecule has 0 fully saturated rings. The normalized spacial score (nSPS) is 11.6. The van der Waals surface area contributed by atoms with Gasteiger partial charge in [0.15, 0.2) is 0 Å². The van der Waals surface area contributed by atoms with Gasteiger partial charge in [-0.05, 0) is 19.9 Å². The van der Waals surface area contributed by atoms with Crippen LogP contribution in [-0.2, 0) is 16.1 Å². The molecule has 128 valence electrons. The Hall–Kier alpha value is -3.17. The third-order valence-electron chi connectivity index (χ3n) is 2.89. The number of nitrogens with one attached hydrogen (secondary N) is 3. The molecule has 2 amide bonds. The van der Waals surface area contributed by atoms with Gasteiger partial charge >= 0.3 is 12.0 Å². The first-order valence-electron chi connectivity index (χ1n) is 7.22. The summed E-state index contributed by atoms with van der Waals surface area (Å²) in [5, 5.41) is 8.64. The number of esters is 1. The van der Waals surface area contributed by atoms with E-state index in [1.165, 1.54) is 19.2 Å². The SMILES string of the molecule is CCOC(=O)[C@@H](C)NC(=O)NCc1nc(-c2cc[nH]c(=O)c2)no1. The van der Waals surface area contributed by atoms with Crippen LogP contribution in [0.15, 0.2) is 27.6 Å². The minimum absolute atomic E-state index is 0.0302. The molecule has 2 aromatic heterocycles. The molecule has 10 heteroatoms. The first kappa shape index (κ1) is 17.2. The number of aromatic amines is 1. The Morgan fingerprint density at radius 3 is 2.96 bits per heavy atom. The summed E-state index contributed by atoms with van der Waals surface area (Å²) in [4.78, 5) is 40.9. The molecule has 0 unspecified atom stereocenters. The zero-order valence-electron chi connectivity index (χ0n) is 13.2. The maximum Gasteiger partial charge on any atom is 0.328 e. The Morgan fingerprint density at radius 2 is 2.25 bits per heavy atom. The molecular formula is C14H17N5O5. The molecule has 2 rings (SSSR count). The van der Waals surface area contributed by atoms with Crippen LogP contribution in [0, 0.1) is 0 Å². The fraction of sp³-hybridized carbons (Fsp3) is 0.357. The molecule has 2 heterocycles. The van der Waals surface area contributed by atoms with E-state index in [1.807, 2.05) is 0 Å². The number of amides is 2. The number of H-pyrrole nitrogens is 1. The van der Waals surface area contributed by atoms with Gasteiger partial charge in [0.25, 0.3) is 0 Å². The molecule has 0 aliphatic carbocycles. The van der Waals surface area contributed by atoms with Crippen LogP contribution in [0.5, 0.6) is 0 Å². The molecule has 0 spiro atoms. The second-order valence-corrected chi connectivity index (χ2v) is 4.75. The van der Waals surface area contributed by atoms with Crippen LogP contribution in [0.1, 0.15) is 19.7 Å². The van der Waals surface area contributed by atoms with Crippen molar-refractivity contribution in [2.45, 2.75) is 26.4 Å². The van der Waals surface area contributed by atoms with E-state index in [2.05, 4.69) is 25.8 Å². The van der Waals surface area contributed by atoms with Gasteiger partial charge < -0.3 is 24.9 Å². The summed E-state index contributed by atoms with van der Waals surface area (Å²) in [6, 6.07) is 1.60. The Morgan fingerprint density at radius 1 is 1.46 bits per heavy atom. The fourth-order valence-corrected chi connectivity index (χ4v) is 1.76. The number of carbonyl (C=O) groups is 2. The van der Waals surface area contributed by atoms with E-state index in [9.17, 15) is 14.4 Å². The Kier molecular flexibility index (Phi) is 5.66. The summed E-state index contributed by atoms with van der Waals surface area (Å²) in [6.45, 7) is 3.39. The Labute approximate surface area is 136 Å². The lowest BCUT2D eigenvalue weighted by molar-refractivity contribution is -0.144. The third-order valence-corrected chi connectivity index (χ3v) is 2.89. The second-order valence-electron chi connectivity index (χ2n) is 4.75. The maximum atomic E-state index is 11.7. The third kappa shape index (κ3) is 4.66. The van der Waals surface area contributed by atoms with Crippen molar-refractivity contribution in [3.05, 3.63) is 34.6 Å². The van der Waals surface area contributed by atoms with Crippen LogP contribution >= 0.6 is 0 Å². The van der Waals surface area contributed by atoms with Crippen molar-refractivity contribution >= 4 is 12.0 Å². The van der Waals surface area contributed by atoms with Crippen molar-refractivity contribution in [1.29, 1.82) is 0 Å². The maximum absolute atomic E-state index is 11.7. The number of hydrogen-bond donors (Lipinski definition) is 3. The van der Waals surface area contributed by atoms with Gasteiger partial charge in [-0.1, -0.05) is 5.16 Å². The van der Waals surface area contributed by atoms with Crippen LogP contribution in [0.25, 0.3) is 11.4 Å². The molecule has 0 aliphatic rings. The average Bonchev–Trinajstić information content (AvgIpc) is 3.02. The highest BCUT2D eigenvalue weighted by Gasteiger charge is 2.17. The number of carbonyl (C=O) groups excluding carboxylic acids is 2. The van der Waals surface area contributed by atoms with E-state index < -0.39 is 18.0 Å². The van der Waals surface area contributed by atoms with Crippen molar-refractivity contribution in [2.75, 3.05) is 6.61 Å². The van der Waals surface area contributed by atoms with Crippen LogP contribution in [-0.4, -0.2) is 39.8 Å². The van der Waals surface area contributed by atoms with Gasteiger partial charge in [-0.25, -0.2) is 9.59 Å². The van der Waals surface area contributed by atoms with Gasteiger partial charge in [0.1, 0.15) is 6.04 Å². The fourth-order valence-electron chi connectivity index (χ4n) is 1.76. The van der Waals surface area contributed by atoms with E-state index in [1.54, 1.807) is 13.0 Å². The number of hydrogen-bond acceptors (Lipinski definition) is 7. The molecular weight excluding hydrogens is 318 g/mol. The van der Waals surface area contributed by atoms with Crippen LogP contribution in [0.2, 0.25) is 0 Å². The monoisotopic (exact) mass is 335 g/mol. The number of nitrogens with zero attached hydrogens (tertiary/aromatic N) is 2. The lowest BCUT2D eigenvalue weighted by atomic mass is 10.2. The molecule has 0 aromatic carbocycles. The van der Waals surface area contributed by atoms with Crippen molar-refractivity contribution in [1.82, 2.24) is 25.8 Å². The summed E-state index contributed by atoms with van der Waals surface area (Å²) in [7, 11) is 0. The van der Waals surface area contributed by atoms with Crippen LogP contribution < -0.4 is 16.2 Å². The second kappa shape index (κ2) is 7.90. The number of ether oxygens (including phenoxy) is 1. The molecule has 1 atom stereocenters. The average molecular weight is 335 g/mol. The summed E-state index contributed by atoms with van der Waals surface area (Å²) < 4.78 is 9.77. The van der Waals surface area contributed by atoms with E-state index in [-0.39, 0.29) is 30.4 Å². The predicted octanol–water partition coefficient (Wildman–Crippen LogP) is 0.176. The smallest absolute Gasteiger partial charge is 0.328 e. The highest BCUT2D eigenvalue weighted by molar-refractivity contribution is 5.83. The van der Waals surface area contributed by atoms with Crippen molar-refractivity contribution in [3.63, 3.8) is 0 Å². The summed E-state index contributed by atoms with van der Waals surface area (Å²) in [5.74, 6) is -0.135. The molecule has 0 saturated carbocycles. The molecule has 0 radical (unpaired) electrons. The number of rotatable bonds is 6. The van der Waals surface area contributed by atoms with Crippen molar-refractivity contribution in [2.24, 2.45) is 0 Å². The first-order valence-corrected chi connectivity index (χ1v) is 7.22. The van der Waals surface area contributed by atoms with E-state index in [0.717, 1.165) is 0 Å². The lowest BCUT2D eigenvalue weighted by Gasteiger charge is -2.12. The van der Waals surface area contributed by atoms with Crippen molar-refractivity contribution < 1.29 is 18.8 Å². The van der Waals surface area contributed by atoms with Gasteiger partial charge in [0.2, 0.25) is 17.3 Å². The number of aromatic nitrogens is 3. The van der Waals surface area contributed by atoms with Gasteiger partial charge in [0, 0.05) is 17.8 Å². The summed E-state index contributed by atoms with van der Waals surface area (Å²) in [5.41, 5.74) is 0.207. The molecule has 10 nitrogen and oxygen atoms in total. The molecule has 0 saturated heterocycles. The highest BCUT2D eigenvalue weighted by atomic mass is 16.5. The van der Waals surface area contributed by atoms with E-state index >= 15 is 0 Å². The molecule has 0 aliphatic heterocycles. The highest BCUT2D eigenvalue weighted by Crippen LogP contribution is 2.12. The minimum atomic E-state index is -0.778. The zero-order valence-corrected chi connectivity index (χ0v) is 13.2. The molecule has 24 heavy (non-hydrogen) atoms. The number of urea groups is 1. The number of pyridine rings is 1. The minimum Gasteiger partial charge on any atom is -0.464 e. The molecule has 3 N–H and O–H groups in total. The van der Waals surface area contributed by atoms with Gasteiger partial charge in [0.05, 0.1) is 13.2 Å². The topological polar surface area (TPSA) is 139 Å². The lowest BCUT2D eigenvalue weighted by Crippen LogP contribution is -2.44. The van der Waals surface area contributed by atoms with E-state index in [4.69, 9.17) is 9.26 Å². The Balaban J connectivity index is 1.88. The van der Waals surface area contributed by atoms with Gasteiger partial charge in [-0.15, -0.1) is 0 Å². The first-order chi connectivity index (χ1) is 11.5. The summed E-state index contributed by atoms with van der Waals surface area (Å²) in [6.07, 6.45) is 1.47. The van der Waals surface area contributed by atoms with Gasteiger partial charge in [-0.3, -0.25) is 4.79 Å². The predicted molar refractivity (Wildman–Crippen MR) is 81.8 cm³/mol. The van der Waals surface area contributed by atoms with Gasteiger partial charge in [-0.2, -0.15) is 4.98 Å².